The van der Waals surface area contributed by atoms with Crippen LogP contribution in [0, 0.1) is 0 Å². The summed E-state index contributed by atoms with van der Waals surface area (Å²) < 4.78 is 9.08. The molecule has 9 heteroatoms. The number of benzene rings is 1. The van der Waals surface area contributed by atoms with Crippen molar-refractivity contribution in [2.24, 2.45) is 7.05 Å². The number of hydrazine groups is 1. The minimum absolute atomic E-state index is 0. The molecule has 0 aliphatic carbocycles. The van der Waals surface area contributed by atoms with E-state index in [9.17, 15) is 0 Å². The van der Waals surface area contributed by atoms with Crippen molar-refractivity contribution in [1.29, 1.82) is 0 Å². The number of rotatable bonds is 5. The molecule has 112 valence electrons. The first-order valence-corrected chi connectivity index (χ1v) is 6.68. The summed E-state index contributed by atoms with van der Waals surface area (Å²) in [5.74, 6) is 0.669. The number of aryl methyl sites for hydroxylation is 1. The fourth-order valence-electron chi connectivity index (χ4n) is 1.90. The van der Waals surface area contributed by atoms with Crippen molar-refractivity contribution < 1.29 is 4.18 Å². The maximum atomic E-state index is 5.47. The van der Waals surface area contributed by atoms with Crippen LogP contribution in [0.5, 0.6) is 5.75 Å². The van der Waals surface area contributed by atoms with E-state index in [4.69, 9.17) is 4.18 Å². The van der Waals surface area contributed by atoms with E-state index in [-0.39, 0.29) is 13.5 Å². The van der Waals surface area contributed by atoms with Crippen molar-refractivity contribution in [3.05, 3.63) is 36.8 Å². The predicted molar refractivity (Wildman–Crippen MR) is 89.3 cm³/mol. The molecule has 0 aliphatic heterocycles. The van der Waals surface area contributed by atoms with Crippen LogP contribution in [0.1, 0.15) is 0 Å². The number of anilines is 1. The predicted octanol–water partition coefficient (Wildman–Crippen LogP) is 2.31. The van der Waals surface area contributed by atoms with Gasteiger partial charge in [0, 0.05) is 19.5 Å². The maximum absolute atomic E-state index is 5.47. The van der Waals surface area contributed by atoms with Crippen LogP contribution in [0.4, 0.5) is 5.69 Å². The molecule has 21 heavy (non-hydrogen) atoms. The third kappa shape index (κ3) is 3.43. The van der Waals surface area contributed by atoms with E-state index < -0.39 is 0 Å². The summed E-state index contributed by atoms with van der Waals surface area (Å²) in [6.45, 7) is 0. The topological polar surface area (TPSA) is 71.0 Å². The van der Waals surface area contributed by atoms with Crippen LogP contribution in [0.25, 0.3) is 10.9 Å². The third-order valence-corrected chi connectivity index (χ3v) is 3.34. The molecular formula is C12H16N6OS2. The van der Waals surface area contributed by atoms with E-state index >= 15 is 0 Å². The second-order valence-electron chi connectivity index (χ2n) is 4.21. The normalized spacial score (nSPS) is 10.6. The molecule has 0 aliphatic rings. The Morgan fingerprint density at radius 2 is 2.24 bits per heavy atom. The number of H-pyrrole nitrogens is 1. The number of para-hydroxylation sites is 1. The van der Waals surface area contributed by atoms with Gasteiger partial charge in [0.05, 0.1) is 29.8 Å². The number of fused-ring (bicyclic) bond motifs is 1. The number of nitrogens with zero attached hydrogens (tertiary/aromatic N) is 4. The van der Waals surface area contributed by atoms with Gasteiger partial charge in [-0.15, -0.1) is 4.41 Å². The van der Waals surface area contributed by atoms with Crippen LogP contribution in [0.15, 0.2) is 36.8 Å². The highest BCUT2D eigenvalue weighted by molar-refractivity contribution is 7.92. The van der Waals surface area contributed by atoms with Gasteiger partial charge in [-0.05, 0) is 6.07 Å². The maximum Gasteiger partial charge on any atom is 0.176 e. The zero-order valence-electron chi connectivity index (χ0n) is 11.6. The lowest BCUT2D eigenvalue weighted by Gasteiger charge is -2.17. The third-order valence-electron chi connectivity index (χ3n) is 2.76. The van der Waals surface area contributed by atoms with Gasteiger partial charge in [0.15, 0.2) is 18.0 Å². The SMILES string of the molecule is CN(Nc1cccc2cnn(C)c12)SOc1cn[nH]c1.S. The molecule has 7 nitrogen and oxygen atoms in total. The van der Waals surface area contributed by atoms with E-state index in [1.807, 2.05) is 43.2 Å². The molecule has 0 unspecified atom stereocenters. The minimum Gasteiger partial charge on any atom is -0.405 e. The minimum atomic E-state index is 0. The average molecular weight is 324 g/mol. The Hall–Kier alpha value is -1.84. The second kappa shape index (κ2) is 6.74. The lowest BCUT2D eigenvalue weighted by atomic mass is 10.2. The Morgan fingerprint density at radius 3 is 3.00 bits per heavy atom. The van der Waals surface area contributed by atoms with Gasteiger partial charge in [-0.3, -0.25) is 9.78 Å². The molecule has 0 fully saturated rings. The molecule has 0 saturated heterocycles. The summed E-state index contributed by atoms with van der Waals surface area (Å²) in [7, 11) is 3.79. The number of aromatic amines is 1. The highest BCUT2D eigenvalue weighted by Crippen LogP contribution is 2.24. The molecule has 0 atom stereocenters. The van der Waals surface area contributed by atoms with E-state index in [1.165, 1.54) is 12.2 Å². The molecule has 0 spiro atoms. The molecule has 0 saturated carbocycles. The van der Waals surface area contributed by atoms with E-state index in [0.29, 0.717) is 5.75 Å². The first-order valence-electron chi connectivity index (χ1n) is 5.98. The van der Waals surface area contributed by atoms with Gasteiger partial charge < -0.3 is 9.61 Å². The van der Waals surface area contributed by atoms with Crippen molar-refractivity contribution >= 4 is 42.3 Å². The van der Waals surface area contributed by atoms with Crippen LogP contribution in [-0.4, -0.2) is 31.4 Å². The number of aromatic nitrogens is 4. The van der Waals surface area contributed by atoms with Crippen molar-refractivity contribution in [2.45, 2.75) is 0 Å². The van der Waals surface area contributed by atoms with Crippen molar-refractivity contribution in [2.75, 3.05) is 12.5 Å². The summed E-state index contributed by atoms with van der Waals surface area (Å²) in [4.78, 5) is 0. The smallest absolute Gasteiger partial charge is 0.176 e. The second-order valence-corrected chi connectivity index (χ2v) is 5.08. The summed E-state index contributed by atoms with van der Waals surface area (Å²) in [6.07, 6.45) is 5.14. The molecule has 3 aromatic rings. The van der Waals surface area contributed by atoms with E-state index in [1.54, 1.807) is 16.8 Å². The molecule has 0 amide bonds. The Morgan fingerprint density at radius 1 is 1.38 bits per heavy atom. The van der Waals surface area contributed by atoms with Gasteiger partial charge in [-0.1, -0.05) is 12.1 Å². The standard InChI is InChI=1S/C12H14N6OS.H2S/c1-17-12-9(6-15-17)4-3-5-11(12)16-18(2)20-19-10-7-13-14-8-10;/h3-8,16H,1-2H3,(H,13,14);1H2. The largest absolute Gasteiger partial charge is 0.405 e. The molecule has 3 rings (SSSR count). The van der Waals surface area contributed by atoms with Gasteiger partial charge in [-0.2, -0.15) is 23.7 Å². The number of hydrogen-bond donors (Lipinski definition) is 2. The molecule has 2 N–H and O–H groups in total. The molecule has 2 heterocycles. The van der Waals surface area contributed by atoms with Gasteiger partial charge in [0.25, 0.3) is 0 Å². The first kappa shape index (κ1) is 15.5. The summed E-state index contributed by atoms with van der Waals surface area (Å²) >= 11 is 1.18. The Labute approximate surface area is 133 Å². The van der Waals surface area contributed by atoms with Crippen LogP contribution in [-0.2, 0) is 7.05 Å². The van der Waals surface area contributed by atoms with Crippen molar-refractivity contribution in [3.63, 3.8) is 0 Å². The van der Waals surface area contributed by atoms with Gasteiger partial charge in [-0.25, -0.2) is 0 Å². The number of hydrogen-bond acceptors (Lipinski definition) is 6. The van der Waals surface area contributed by atoms with Crippen LogP contribution >= 0.6 is 25.7 Å². The Kier molecular flexibility index (Phi) is 4.99. The van der Waals surface area contributed by atoms with E-state index in [0.717, 1.165) is 16.6 Å². The van der Waals surface area contributed by atoms with E-state index in [2.05, 4.69) is 20.7 Å². The van der Waals surface area contributed by atoms with Gasteiger partial charge >= 0.3 is 0 Å². The van der Waals surface area contributed by atoms with Crippen LogP contribution in [0.2, 0.25) is 0 Å². The number of nitrogens with one attached hydrogen (secondary N) is 2. The molecule has 2 aromatic heterocycles. The average Bonchev–Trinajstić information content (AvgIpc) is 3.07. The Balaban J connectivity index is 0.00000161. The van der Waals surface area contributed by atoms with Crippen LogP contribution < -0.4 is 9.61 Å². The van der Waals surface area contributed by atoms with Crippen molar-refractivity contribution in [1.82, 2.24) is 24.4 Å². The Bertz CT molecular complexity index is 699. The van der Waals surface area contributed by atoms with Crippen LogP contribution in [0.3, 0.4) is 0 Å². The monoisotopic (exact) mass is 324 g/mol. The summed E-state index contributed by atoms with van der Waals surface area (Å²) in [5, 5.41) is 11.9. The highest BCUT2D eigenvalue weighted by Gasteiger charge is 2.08. The molecular weight excluding hydrogens is 308 g/mol. The lowest BCUT2D eigenvalue weighted by molar-refractivity contribution is 0.571. The molecule has 0 bridgehead atoms. The molecule has 1 aromatic carbocycles. The van der Waals surface area contributed by atoms with Crippen molar-refractivity contribution in [3.8, 4) is 5.75 Å². The lowest BCUT2D eigenvalue weighted by Crippen LogP contribution is -2.19. The van der Waals surface area contributed by atoms with Gasteiger partial charge in [0.1, 0.15) is 0 Å². The first-order chi connectivity index (χ1) is 9.74. The summed E-state index contributed by atoms with van der Waals surface area (Å²) in [5.41, 5.74) is 5.26. The van der Waals surface area contributed by atoms with Gasteiger partial charge in [0.2, 0.25) is 0 Å². The highest BCUT2D eigenvalue weighted by atomic mass is 32.2. The quantitative estimate of drug-likeness (QED) is 0.426. The zero-order valence-corrected chi connectivity index (χ0v) is 13.4. The molecule has 0 radical (unpaired) electrons. The summed E-state index contributed by atoms with van der Waals surface area (Å²) in [6, 6.07) is 6.02. The fraction of sp³-hybridized carbons (Fsp3) is 0.167. The zero-order chi connectivity index (χ0) is 13.9. The fourth-order valence-corrected chi connectivity index (χ4v) is 2.32.